The average molecular weight is 401 g/mol. The van der Waals surface area contributed by atoms with Crippen LogP contribution in [0.3, 0.4) is 0 Å². The van der Waals surface area contributed by atoms with Crippen molar-refractivity contribution in [3.8, 4) is 11.5 Å². The second-order valence-electron chi connectivity index (χ2n) is 7.72. The van der Waals surface area contributed by atoms with Gasteiger partial charge in [0.2, 0.25) is 5.89 Å². The zero-order chi connectivity index (χ0) is 19.9. The standard InChI is InChI=1S/C19H23N5O3S/c1-13-4-5-16(14(2)8-13)17-22-23-18(27-17)20-9-15-10-21-24(11-15)19(3)6-7-28(25,26)12-19/h4-5,8,10-11H,6-7,9,12H2,1-3H3,(H,20,23)/t19-/m1/s1. The van der Waals surface area contributed by atoms with E-state index >= 15 is 0 Å². The van der Waals surface area contributed by atoms with E-state index in [4.69, 9.17) is 4.42 Å². The van der Waals surface area contributed by atoms with Gasteiger partial charge in [0, 0.05) is 23.9 Å². The van der Waals surface area contributed by atoms with Crippen LogP contribution < -0.4 is 5.32 Å². The lowest BCUT2D eigenvalue weighted by atomic mass is 10.0. The van der Waals surface area contributed by atoms with Crippen molar-refractivity contribution in [2.24, 2.45) is 0 Å². The average Bonchev–Trinajstić information content (AvgIpc) is 3.33. The zero-order valence-electron chi connectivity index (χ0n) is 16.1. The molecule has 2 aromatic heterocycles. The molecule has 0 aliphatic carbocycles. The number of nitrogens with zero attached hydrogens (tertiary/aromatic N) is 4. The minimum atomic E-state index is -2.99. The molecule has 0 bridgehead atoms. The molecule has 0 amide bonds. The summed E-state index contributed by atoms with van der Waals surface area (Å²) in [4.78, 5) is 0. The Balaban J connectivity index is 1.44. The van der Waals surface area contributed by atoms with Crippen LogP contribution in [0.5, 0.6) is 0 Å². The fourth-order valence-electron chi connectivity index (χ4n) is 3.56. The van der Waals surface area contributed by atoms with Gasteiger partial charge >= 0.3 is 6.01 Å². The van der Waals surface area contributed by atoms with Crippen LogP contribution in [0.2, 0.25) is 0 Å². The summed E-state index contributed by atoms with van der Waals surface area (Å²) in [5.41, 5.74) is 3.60. The molecule has 28 heavy (non-hydrogen) atoms. The maximum absolute atomic E-state index is 11.8. The monoisotopic (exact) mass is 401 g/mol. The lowest BCUT2D eigenvalue weighted by Gasteiger charge is -2.22. The Labute approximate surface area is 163 Å². The first-order valence-corrected chi connectivity index (χ1v) is 11.0. The number of sulfone groups is 1. The second-order valence-corrected chi connectivity index (χ2v) is 9.90. The predicted molar refractivity (Wildman–Crippen MR) is 106 cm³/mol. The number of aromatic nitrogens is 4. The number of hydrogen-bond acceptors (Lipinski definition) is 7. The van der Waals surface area contributed by atoms with Crippen molar-refractivity contribution < 1.29 is 12.8 Å². The highest BCUT2D eigenvalue weighted by Gasteiger charge is 2.40. The summed E-state index contributed by atoms with van der Waals surface area (Å²) >= 11 is 0. The Bertz CT molecular complexity index is 1120. The van der Waals surface area contributed by atoms with Gasteiger partial charge in [-0.3, -0.25) is 4.68 Å². The third-order valence-electron chi connectivity index (χ3n) is 5.15. The normalized spacial score (nSPS) is 21.1. The van der Waals surface area contributed by atoms with Crippen LogP contribution in [0.15, 0.2) is 35.0 Å². The predicted octanol–water partition coefficient (Wildman–Crippen LogP) is 2.70. The summed E-state index contributed by atoms with van der Waals surface area (Å²) in [5, 5.41) is 15.6. The third-order valence-corrected chi connectivity index (χ3v) is 7.04. The smallest absolute Gasteiger partial charge is 0.316 e. The van der Waals surface area contributed by atoms with Crippen LogP contribution in [-0.4, -0.2) is 39.9 Å². The minimum Gasteiger partial charge on any atom is -0.403 e. The summed E-state index contributed by atoms with van der Waals surface area (Å²) < 4.78 is 31.1. The number of aryl methyl sites for hydroxylation is 2. The van der Waals surface area contributed by atoms with Crippen LogP contribution in [0, 0.1) is 13.8 Å². The van der Waals surface area contributed by atoms with Crippen molar-refractivity contribution in [2.75, 3.05) is 16.8 Å². The van der Waals surface area contributed by atoms with Gasteiger partial charge in [-0.25, -0.2) is 8.42 Å². The Morgan fingerprint density at radius 2 is 2.11 bits per heavy atom. The fraction of sp³-hybridized carbons (Fsp3) is 0.421. The lowest BCUT2D eigenvalue weighted by Crippen LogP contribution is -2.31. The van der Waals surface area contributed by atoms with Gasteiger partial charge in [0.05, 0.1) is 23.2 Å². The minimum absolute atomic E-state index is 0.122. The van der Waals surface area contributed by atoms with E-state index in [9.17, 15) is 8.42 Å². The summed E-state index contributed by atoms with van der Waals surface area (Å²) in [7, 11) is -2.99. The molecular weight excluding hydrogens is 378 g/mol. The van der Waals surface area contributed by atoms with Crippen molar-refractivity contribution in [1.29, 1.82) is 0 Å². The van der Waals surface area contributed by atoms with Gasteiger partial charge in [-0.2, -0.15) is 5.10 Å². The number of hydrogen-bond donors (Lipinski definition) is 1. The molecule has 4 rings (SSSR count). The van der Waals surface area contributed by atoms with E-state index in [1.54, 1.807) is 10.9 Å². The van der Waals surface area contributed by atoms with Gasteiger partial charge in [0.25, 0.3) is 0 Å². The van der Waals surface area contributed by atoms with Crippen LogP contribution >= 0.6 is 0 Å². The summed E-state index contributed by atoms with van der Waals surface area (Å²) in [6.07, 6.45) is 4.17. The molecule has 1 fully saturated rings. The summed E-state index contributed by atoms with van der Waals surface area (Å²) in [6, 6.07) is 6.39. The highest BCUT2D eigenvalue weighted by Crippen LogP contribution is 2.30. The van der Waals surface area contributed by atoms with Crippen molar-refractivity contribution in [2.45, 2.75) is 39.3 Å². The second kappa shape index (κ2) is 6.73. The molecule has 3 aromatic rings. The van der Waals surface area contributed by atoms with Crippen LogP contribution in [0.4, 0.5) is 6.01 Å². The molecule has 148 valence electrons. The molecule has 1 saturated heterocycles. The van der Waals surface area contributed by atoms with E-state index in [1.807, 2.05) is 39.1 Å². The molecule has 8 nitrogen and oxygen atoms in total. The zero-order valence-corrected chi connectivity index (χ0v) is 17.0. The molecular formula is C19H23N5O3S. The topological polar surface area (TPSA) is 103 Å². The Hall–Kier alpha value is -2.68. The van der Waals surface area contributed by atoms with Gasteiger partial charge in [-0.1, -0.05) is 22.8 Å². The first kappa shape index (κ1) is 18.7. The number of anilines is 1. The Kier molecular flexibility index (Phi) is 4.49. The molecule has 1 N–H and O–H groups in total. The Morgan fingerprint density at radius 1 is 1.29 bits per heavy atom. The number of rotatable bonds is 5. The molecule has 1 aromatic carbocycles. The number of benzene rings is 1. The first-order valence-electron chi connectivity index (χ1n) is 9.14. The van der Waals surface area contributed by atoms with Gasteiger partial charge in [0.1, 0.15) is 0 Å². The molecule has 0 saturated carbocycles. The van der Waals surface area contributed by atoms with Gasteiger partial charge in [0.15, 0.2) is 9.84 Å². The highest BCUT2D eigenvalue weighted by atomic mass is 32.2. The van der Waals surface area contributed by atoms with Crippen LogP contribution in [-0.2, 0) is 21.9 Å². The lowest BCUT2D eigenvalue weighted by molar-refractivity contribution is 0.328. The quantitative estimate of drug-likeness (QED) is 0.701. The fourth-order valence-corrected chi connectivity index (χ4v) is 5.67. The molecule has 3 heterocycles. The van der Waals surface area contributed by atoms with Crippen molar-refractivity contribution in [1.82, 2.24) is 20.0 Å². The van der Waals surface area contributed by atoms with Crippen molar-refractivity contribution in [3.05, 3.63) is 47.3 Å². The molecule has 0 radical (unpaired) electrons. The van der Waals surface area contributed by atoms with Gasteiger partial charge in [-0.15, -0.1) is 5.10 Å². The Morgan fingerprint density at radius 3 is 2.82 bits per heavy atom. The molecule has 9 heteroatoms. The maximum Gasteiger partial charge on any atom is 0.316 e. The van der Waals surface area contributed by atoms with E-state index in [2.05, 4.69) is 26.7 Å². The maximum atomic E-state index is 11.8. The third kappa shape index (κ3) is 3.66. The SMILES string of the molecule is Cc1ccc(-c2nnc(NCc3cnn([C@]4(C)CCS(=O)(=O)C4)c3)o2)c(C)c1. The van der Waals surface area contributed by atoms with Crippen molar-refractivity contribution in [3.63, 3.8) is 0 Å². The van der Waals surface area contributed by atoms with E-state index in [0.717, 1.165) is 16.7 Å². The molecule has 0 unspecified atom stereocenters. The van der Waals surface area contributed by atoms with E-state index in [1.165, 1.54) is 5.56 Å². The molecule has 1 atom stereocenters. The van der Waals surface area contributed by atoms with Gasteiger partial charge < -0.3 is 9.73 Å². The van der Waals surface area contributed by atoms with Gasteiger partial charge in [-0.05, 0) is 38.8 Å². The molecule has 1 aliphatic heterocycles. The number of nitrogens with one attached hydrogen (secondary N) is 1. The molecule has 1 aliphatic rings. The first-order chi connectivity index (χ1) is 13.2. The van der Waals surface area contributed by atoms with Crippen molar-refractivity contribution >= 4 is 15.9 Å². The van der Waals surface area contributed by atoms with E-state index in [-0.39, 0.29) is 11.5 Å². The molecule has 0 spiro atoms. The van der Waals surface area contributed by atoms with Crippen LogP contribution in [0.1, 0.15) is 30.0 Å². The van der Waals surface area contributed by atoms with E-state index in [0.29, 0.717) is 24.9 Å². The summed E-state index contributed by atoms with van der Waals surface area (Å²) in [6.45, 7) is 6.43. The largest absolute Gasteiger partial charge is 0.403 e. The highest BCUT2D eigenvalue weighted by molar-refractivity contribution is 7.91. The van der Waals surface area contributed by atoms with E-state index < -0.39 is 15.4 Å². The van der Waals surface area contributed by atoms with Crippen LogP contribution in [0.25, 0.3) is 11.5 Å². The summed E-state index contributed by atoms with van der Waals surface area (Å²) in [5.74, 6) is 0.803.